The van der Waals surface area contributed by atoms with Crippen LogP contribution in [0.3, 0.4) is 0 Å². The minimum absolute atomic E-state index is 0.153. The smallest absolute Gasteiger partial charge is 0.408 e. The molecule has 0 radical (unpaired) electrons. The third-order valence-electron chi connectivity index (χ3n) is 5.13. The number of carbonyl (C=O) groups is 1. The molecular formula is C23H47N3O2. The van der Waals surface area contributed by atoms with Crippen LogP contribution in [-0.2, 0) is 4.74 Å². The van der Waals surface area contributed by atoms with Crippen LogP contribution in [-0.4, -0.2) is 23.8 Å². The van der Waals surface area contributed by atoms with E-state index in [0.717, 1.165) is 12.8 Å². The summed E-state index contributed by atoms with van der Waals surface area (Å²) in [5.74, 6) is 0. The summed E-state index contributed by atoms with van der Waals surface area (Å²) in [6, 6.07) is -0.336. The van der Waals surface area contributed by atoms with Crippen LogP contribution in [0.2, 0.25) is 0 Å². The van der Waals surface area contributed by atoms with Gasteiger partial charge in [0.1, 0.15) is 5.60 Å². The zero-order valence-corrected chi connectivity index (χ0v) is 19.3. The van der Waals surface area contributed by atoms with Gasteiger partial charge in [0, 0.05) is 6.42 Å². The molecule has 0 saturated carbocycles. The third-order valence-corrected chi connectivity index (χ3v) is 5.13. The Kier molecular flexibility index (Phi) is 16.1. The van der Waals surface area contributed by atoms with Crippen LogP contribution >= 0.6 is 0 Å². The highest BCUT2D eigenvalue weighted by molar-refractivity contribution is 5.68. The highest BCUT2D eigenvalue weighted by Crippen LogP contribution is 2.13. The molecule has 2 atom stereocenters. The molecular weight excluding hydrogens is 350 g/mol. The number of unbranched alkanes of at least 4 members (excludes halogenated alkanes) is 12. The second-order valence-electron chi connectivity index (χ2n) is 9.20. The summed E-state index contributed by atoms with van der Waals surface area (Å²) in [5, 5.41) is 5.14. The maximum absolute atomic E-state index is 11.8. The Labute approximate surface area is 174 Å². The fraction of sp³-hybridized carbons (Fsp3) is 0.957. The summed E-state index contributed by atoms with van der Waals surface area (Å²) < 4.78 is 5.27. The number of rotatable bonds is 17. The number of nitrogens with one attached hydrogen (secondary N) is 2. The first-order valence-electron chi connectivity index (χ1n) is 11.7. The van der Waals surface area contributed by atoms with Crippen LogP contribution in [0.5, 0.6) is 0 Å². The van der Waals surface area contributed by atoms with Gasteiger partial charge in [-0.15, -0.1) is 0 Å². The van der Waals surface area contributed by atoms with E-state index in [-0.39, 0.29) is 12.1 Å². The summed E-state index contributed by atoms with van der Waals surface area (Å²) in [5.41, 5.74) is 8.88. The van der Waals surface area contributed by atoms with E-state index in [1.54, 1.807) is 0 Å². The fourth-order valence-electron chi connectivity index (χ4n) is 3.40. The van der Waals surface area contributed by atoms with Crippen molar-refractivity contribution >= 4 is 6.09 Å². The molecule has 5 heteroatoms. The SMILES string of the molecule is CCCCCCCCCCCCCCC[C@H]([NH+]=[N-])[C@H](C)NC(=O)OC(C)(C)C. The van der Waals surface area contributed by atoms with E-state index in [9.17, 15) is 10.3 Å². The van der Waals surface area contributed by atoms with Crippen molar-refractivity contribution in [3.05, 3.63) is 5.53 Å². The minimum Gasteiger partial charge on any atom is -0.508 e. The van der Waals surface area contributed by atoms with Crippen molar-refractivity contribution in [3.63, 3.8) is 0 Å². The number of hydrogen-bond acceptors (Lipinski definition) is 2. The maximum Gasteiger partial charge on any atom is 0.408 e. The summed E-state index contributed by atoms with van der Waals surface area (Å²) in [7, 11) is 0. The van der Waals surface area contributed by atoms with Crippen LogP contribution in [0, 0.1) is 0 Å². The average molecular weight is 398 g/mol. The first kappa shape index (κ1) is 26.9. The predicted molar refractivity (Wildman–Crippen MR) is 117 cm³/mol. The lowest BCUT2D eigenvalue weighted by Gasteiger charge is -2.23. The van der Waals surface area contributed by atoms with Gasteiger partial charge < -0.3 is 20.7 Å². The van der Waals surface area contributed by atoms with Crippen molar-refractivity contribution in [2.24, 2.45) is 0 Å². The second-order valence-corrected chi connectivity index (χ2v) is 9.20. The van der Waals surface area contributed by atoms with Crippen molar-refractivity contribution in [1.29, 1.82) is 0 Å². The summed E-state index contributed by atoms with van der Waals surface area (Å²) >= 11 is 0. The zero-order chi connectivity index (χ0) is 21.3. The Morgan fingerprint density at radius 2 is 1.32 bits per heavy atom. The lowest BCUT2D eigenvalue weighted by atomic mass is 10.0. The zero-order valence-electron chi connectivity index (χ0n) is 19.3. The molecule has 0 fully saturated rings. The number of carbonyl (C=O) groups excluding carboxylic acids is 1. The van der Waals surface area contributed by atoms with E-state index in [0.29, 0.717) is 0 Å². The van der Waals surface area contributed by atoms with Crippen molar-refractivity contribution in [2.45, 2.75) is 142 Å². The average Bonchev–Trinajstić information content (AvgIpc) is 2.60. The molecule has 0 aromatic heterocycles. The summed E-state index contributed by atoms with van der Waals surface area (Å²) in [6.07, 6.45) is 17.6. The monoisotopic (exact) mass is 397 g/mol. The number of nitrogens with zero attached hydrogens (tertiary/aromatic N) is 1. The molecule has 0 aromatic rings. The number of alkyl carbamates (subject to hydrolysis) is 1. The molecule has 0 aromatic carbocycles. The van der Waals surface area contributed by atoms with Crippen LogP contribution in [0.25, 0.3) is 5.53 Å². The Morgan fingerprint density at radius 1 is 0.893 bits per heavy atom. The van der Waals surface area contributed by atoms with Gasteiger partial charge in [0.2, 0.25) is 0 Å². The Hall–Kier alpha value is -1.13. The number of hydrogen-bond donors (Lipinski definition) is 2. The van der Waals surface area contributed by atoms with Gasteiger partial charge in [-0.05, 0) is 34.1 Å². The molecule has 28 heavy (non-hydrogen) atoms. The van der Waals surface area contributed by atoms with Gasteiger partial charge in [-0.2, -0.15) is 0 Å². The van der Waals surface area contributed by atoms with Crippen LogP contribution in [0.15, 0.2) is 0 Å². The minimum atomic E-state index is -0.513. The maximum atomic E-state index is 11.8. The molecule has 0 spiro atoms. The van der Waals surface area contributed by atoms with E-state index in [1.165, 1.54) is 77.0 Å². The van der Waals surface area contributed by atoms with E-state index >= 15 is 0 Å². The quantitative estimate of drug-likeness (QED) is 0.238. The van der Waals surface area contributed by atoms with Gasteiger partial charge in [-0.1, -0.05) is 84.0 Å². The molecule has 0 aliphatic carbocycles. The van der Waals surface area contributed by atoms with Gasteiger partial charge in [0.05, 0.1) is 6.04 Å². The summed E-state index contributed by atoms with van der Waals surface area (Å²) in [4.78, 5) is 11.8. The topological polar surface area (TPSA) is 74.6 Å². The number of ether oxygens (including phenoxy) is 1. The molecule has 1 amide bonds. The van der Waals surface area contributed by atoms with Crippen LogP contribution in [0.4, 0.5) is 4.79 Å². The molecule has 0 bridgehead atoms. The fourth-order valence-corrected chi connectivity index (χ4v) is 3.40. The predicted octanol–water partition coefficient (Wildman–Crippen LogP) is 5.85. The Morgan fingerprint density at radius 3 is 1.71 bits per heavy atom. The molecule has 5 nitrogen and oxygen atoms in total. The normalized spacial score (nSPS) is 13.8. The first-order chi connectivity index (χ1) is 13.3. The summed E-state index contributed by atoms with van der Waals surface area (Å²) in [6.45, 7) is 9.67. The van der Waals surface area contributed by atoms with Crippen molar-refractivity contribution in [2.75, 3.05) is 0 Å². The largest absolute Gasteiger partial charge is 0.508 e. The Balaban J connectivity index is 3.63. The molecule has 166 valence electrons. The molecule has 0 heterocycles. The van der Waals surface area contributed by atoms with E-state index in [1.807, 2.05) is 27.7 Å². The van der Waals surface area contributed by atoms with E-state index in [4.69, 9.17) is 4.74 Å². The van der Waals surface area contributed by atoms with Crippen molar-refractivity contribution < 1.29 is 14.6 Å². The van der Waals surface area contributed by atoms with Gasteiger partial charge in [-0.3, -0.25) is 0 Å². The highest BCUT2D eigenvalue weighted by atomic mass is 16.6. The van der Waals surface area contributed by atoms with Crippen molar-refractivity contribution in [3.8, 4) is 0 Å². The van der Waals surface area contributed by atoms with Gasteiger partial charge >= 0.3 is 6.09 Å². The van der Waals surface area contributed by atoms with Gasteiger partial charge in [-0.25, -0.2) is 4.79 Å². The molecule has 0 aliphatic heterocycles. The highest BCUT2D eigenvalue weighted by Gasteiger charge is 2.23. The Bertz CT molecular complexity index is 394. The van der Waals surface area contributed by atoms with Crippen LogP contribution in [0.1, 0.15) is 125 Å². The second kappa shape index (κ2) is 16.8. The van der Waals surface area contributed by atoms with Gasteiger partial charge in [0.25, 0.3) is 0 Å². The lowest BCUT2D eigenvalue weighted by Crippen LogP contribution is -2.77. The number of amides is 1. The van der Waals surface area contributed by atoms with E-state index < -0.39 is 11.7 Å². The van der Waals surface area contributed by atoms with Crippen LogP contribution < -0.4 is 10.4 Å². The molecule has 0 unspecified atom stereocenters. The standard InChI is InChI=1S/C23H47N3O2/c1-6-7-8-9-10-11-12-13-14-15-16-17-18-19-21(26-24)20(2)25-22(27)28-23(3,4)5/h20-21,26H,6-19H2,1-5H3,(H,25,27)/t20-,21-/m0/s1. The molecule has 0 rings (SSSR count). The lowest BCUT2D eigenvalue weighted by molar-refractivity contribution is -0.530. The molecule has 2 N–H and O–H groups in total. The van der Waals surface area contributed by atoms with Gasteiger partial charge in [0.15, 0.2) is 6.04 Å². The third kappa shape index (κ3) is 17.0. The molecule has 0 saturated heterocycles. The van der Waals surface area contributed by atoms with E-state index in [2.05, 4.69) is 17.4 Å². The van der Waals surface area contributed by atoms with Crippen molar-refractivity contribution in [1.82, 2.24) is 5.32 Å². The first-order valence-corrected chi connectivity index (χ1v) is 11.7. The molecule has 0 aliphatic rings.